The van der Waals surface area contributed by atoms with Gasteiger partial charge in [-0.05, 0) is 146 Å². The lowest BCUT2D eigenvalue weighted by atomic mass is 9.42. The van der Waals surface area contributed by atoms with Gasteiger partial charge in [0.25, 0.3) is 0 Å². The van der Waals surface area contributed by atoms with Crippen molar-refractivity contribution in [2.24, 2.45) is 23.7 Å². The third-order valence-electron chi connectivity index (χ3n) is 16.0. The van der Waals surface area contributed by atoms with Crippen molar-refractivity contribution in [2.75, 3.05) is 23.5 Å². The van der Waals surface area contributed by atoms with Crippen molar-refractivity contribution >= 4 is 60.7 Å². The maximum Gasteiger partial charge on any atom is 0.137 e. The molecule has 6 nitrogen and oxygen atoms in total. The van der Waals surface area contributed by atoms with Crippen molar-refractivity contribution < 1.29 is 4.74 Å². The van der Waals surface area contributed by atoms with E-state index < -0.39 is 0 Å². The van der Waals surface area contributed by atoms with Crippen LogP contribution in [0, 0.1) is 23.7 Å². The summed E-state index contributed by atoms with van der Waals surface area (Å²) in [5, 5.41) is 4.99. The lowest BCUT2D eigenvalue weighted by Crippen LogP contribution is -2.56. The number of pyridine rings is 1. The quantitative estimate of drug-likeness (QED) is 0.160. The summed E-state index contributed by atoms with van der Waals surface area (Å²) in [4.78, 5) is 9.86. The molecule has 7 aromatic carbocycles. The van der Waals surface area contributed by atoms with E-state index in [4.69, 9.17) is 9.72 Å². The second-order valence-electron chi connectivity index (χ2n) is 19.4. The number of ether oxygens (including phenoxy) is 1. The van der Waals surface area contributed by atoms with Crippen molar-refractivity contribution in [3.8, 4) is 23.0 Å². The van der Waals surface area contributed by atoms with Gasteiger partial charge in [-0.3, -0.25) is 4.57 Å². The molecule has 65 heavy (non-hydrogen) atoms. The number of rotatable bonds is 7. The molecule has 4 heterocycles. The topological polar surface area (TPSA) is 38.5 Å². The van der Waals surface area contributed by atoms with E-state index in [-0.39, 0.29) is 5.41 Å². The minimum absolute atomic E-state index is 0.0901. The number of nitrogens with zero attached hydrogens (tertiary/aromatic N) is 5. The lowest BCUT2D eigenvalue weighted by molar-refractivity contribution is -0.0418. The van der Waals surface area contributed by atoms with Crippen molar-refractivity contribution in [1.29, 1.82) is 0 Å². The van der Waals surface area contributed by atoms with Crippen molar-refractivity contribution in [1.82, 2.24) is 14.1 Å². The largest absolute Gasteiger partial charge is 0.457 e. The second-order valence-corrected chi connectivity index (χ2v) is 19.4. The van der Waals surface area contributed by atoms with E-state index >= 15 is 0 Å². The molecule has 0 saturated heterocycles. The Morgan fingerprint density at radius 1 is 0.477 bits per heavy atom. The van der Waals surface area contributed by atoms with Gasteiger partial charge in [-0.25, -0.2) is 4.98 Å². The smallest absolute Gasteiger partial charge is 0.137 e. The molecule has 0 amide bonds. The fourth-order valence-corrected chi connectivity index (χ4v) is 13.6. The lowest BCUT2D eigenvalue weighted by Gasteiger charge is -2.62. The maximum absolute atomic E-state index is 6.75. The predicted octanol–water partition coefficient (Wildman–Crippen LogP) is 14.4. The highest BCUT2D eigenvalue weighted by Crippen LogP contribution is 2.65. The highest BCUT2D eigenvalue weighted by molar-refractivity contribution is 6.10. The summed E-state index contributed by atoms with van der Waals surface area (Å²) in [6.07, 6.45) is 8.71. The Morgan fingerprint density at radius 2 is 1.08 bits per heavy atom. The van der Waals surface area contributed by atoms with Crippen molar-refractivity contribution in [3.63, 3.8) is 0 Å². The molecule has 316 valence electrons. The van der Waals surface area contributed by atoms with Crippen LogP contribution in [0.2, 0.25) is 0 Å². The first-order valence-corrected chi connectivity index (χ1v) is 23.5. The fourth-order valence-electron chi connectivity index (χ4n) is 13.6. The van der Waals surface area contributed by atoms with Gasteiger partial charge in [0.05, 0.1) is 40.1 Å². The van der Waals surface area contributed by atoms with E-state index in [9.17, 15) is 0 Å². The second kappa shape index (κ2) is 14.1. The van der Waals surface area contributed by atoms with Gasteiger partial charge in [0.15, 0.2) is 0 Å². The average Bonchev–Trinajstić information content (AvgIpc) is 3.99. The molecular weight excluding hydrogens is 795 g/mol. The van der Waals surface area contributed by atoms with Gasteiger partial charge in [-0.2, -0.15) is 0 Å². The number of hydrogen-bond acceptors (Lipinski definition) is 4. The normalized spacial score (nSPS) is 22.2. The molecule has 0 unspecified atom stereocenters. The third kappa shape index (κ3) is 5.49. The van der Waals surface area contributed by atoms with Gasteiger partial charge in [-0.15, -0.1) is 0 Å². The molecule has 15 rings (SSSR count). The number of anilines is 3. The first-order valence-electron chi connectivity index (χ1n) is 23.5. The fraction of sp³-hybridized carbons (Fsp3) is 0.203. The highest BCUT2D eigenvalue weighted by atomic mass is 16.5. The number of benzene rings is 7. The molecule has 0 N–H and O–H groups in total. The molecule has 1 aliphatic heterocycles. The average molecular weight is 844 g/mol. The summed E-state index contributed by atoms with van der Waals surface area (Å²) >= 11 is 0. The van der Waals surface area contributed by atoms with Crippen LogP contribution in [-0.4, -0.2) is 27.8 Å². The molecular formula is C59H49N5O. The number of para-hydroxylation sites is 5. The Hall–Kier alpha value is -7.31. The number of aromatic nitrogens is 3. The van der Waals surface area contributed by atoms with Crippen LogP contribution in [0.25, 0.3) is 55.1 Å². The van der Waals surface area contributed by atoms with Crippen LogP contribution in [0.5, 0.6) is 11.5 Å². The van der Waals surface area contributed by atoms with E-state index in [1.54, 1.807) is 0 Å². The zero-order valence-corrected chi connectivity index (χ0v) is 36.5. The van der Waals surface area contributed by atoms with Gasteiger partial charge in [0.1, 0.15) is 17.3 Å². The van der Waals surface area contributed by atoms with Crippen LogP contribution < -0.4 is 14.5 Å². The summed E-state index contributed by atoms with van der Waals surface area (Å²) in [6, 6.07) is 64.6. The molecule has 4 fully saturated rings. The molecule has 6 heteroatoms. The van der Waals surface area contributed by atoms with Crippen LogP contribution in [0.15, 0.2) is 182 Å². The third-order valence-corrected chi connectivity index (χ3v) is 16.0. The van der Waals surface area contributed by atoms with E-state index in [2.05, 4.69) is 208 Å². The molecule has 4 aliphatic carbocycles. The van der Waals surface area contributed by atoms with Gasteiger partial charge >= 0.3 is 0 Å². The summed E-state index contributed by atoms with van der Waals surface area (Å²) < 4.78 is 11.6. The van der Waals surface area contributed by atoms with Crippen LogP contribution in [-0.2, 0) is 5.41 Å². The number of fused-ring (bicyclic) bond motifs is 7. The van der Waals surface area contributed by atoms with Gasteiger partial charge < -0.3 is 19.1 Å². The zero-order chi connectivity index (χ0) is 42.8. The molecule has 4 saturated carbocycles. The van der Waals surface area contributed by atoms with Gasteiger partial charge in [0.2, 0.25) is 0 Å². The van der Waals surface area contributed by atoms with Crippen molar-refractivity contribution in [2.45, 2.75) is 37.5 Å². The van der Waals surface area contributed by atoms with E-state index in [0.717, 1.165) is 52.5 Å². The Balaban J connectivity index is 0.877. The van der Waals surface area contributed by atoms with Crippen LogP contribution in [0.1, 0.15) is 43.2 Å². The van der Waals surface area contributed by atoms with Gasteiger partial charge in [0, 0.05) is 63.7 Å². The van der Waals surface area contributed by atoms with Crippen LogP contribution in [0.3, 0.4) is 0 Å². The van der Waals surface area contributed by atoms with Crippen LogP contribution >= 0.6 is 0 Å². The Labute approximate surface area is 378 Å². The number of hydrogen-bond donors (Lipinski definition) is 0. The Bertz CT molecular complexity index is 3430. The first-order chi connectivity index (χ1) is 32.1. The monoisotopic (exact) mass is 843 g/mol. The zero-order valence-electron chi connectivity index (χ0n) is 36.5. The van der Waals surface area contributed by atoms with Gasteiger partial charge in [-0.1, -0.05) is 84.9 Å². The van der Waals surface area contributed by atoms with E-state index in [0.29, 0.717) is 11.8 Å². The summed E-state index contributed by atoms with van der Waals surface area (Å²) in [5.41, 5.74) is 12.3. The standard InChI is InChI=1S/C59H49N5O/c1-61-37-62(56-20-9-8-19-55(56)61)45-11-10-12-46(35-45)65-47-25-26-51-50-15-4-7-18-54(50)64(57(51)36-47)58-34-41(27-28-60-58)59(42-30-38-29-39(32-42)33-43(59)31-38)40-21-23-44(24-22-40)63-52-16-5-2-13-48(52)49-14-3-6-17-53(49)63/h2-28,34-36,38-39,42-43H,29-33,37H2,1H3. The Morgan fingerprint density at radius 3 is 1.77 bits per heavy atom. The molecule has 0 atom stereocenters. The first kappa shape index (κ1) is 37.1. The highest BCUT2D eigenvalue weighted by Gasteiger charge is 2.58. The predicted molar refractivity (Wildman–Crippen MR) is 266 cm³/mol. The molecule has 5 aliphatic rings. The van der Waals surface area contributed by atoms with E-state index in [1.807, 2.05) is 0 Å². The summed E-state index contributed by atoms with van der Waals surface area (Å²) in [7, 11) is 2.14. The molecule has 0 radical (unpaired) electrons. The van der Waals surface area contributed by atoms with E-state index in [1.165, 1.54) is 92.9 Å². The molecule has 0 spiro atoms. The molecule has 4 bridgehead atoms. The van der Waals surface area contributed by atoms with Crippen LogP contribution in [0.4, 0.5) is 17.1 Å². The SMILES string of the molecule is CN1CN(c2cccc(Oc3ccc4c5ccccc5n(-c5cc(C6(c7ccc(-n8c9ccccc9c9ccccc98)cc7)C7CC8CC(C7)CC6C8)ccn5)c4c3)c2)c2ccccc21. The summed E-state index contributed by atoms with van der Waals surface area (Å²) in [5.74, 6) is 5.44. The molecule has 10 aromatic rings. The molecule has 3 aromatic heterocycles. The van der Waals surface area contributed by atoms with Crippen molar-refractivity contribution in [3.05, 3.63) is 193 Å². The summed E-state index contributed by atoms with van der Waals surface area (Å²) in [6.45, 7) is 0.791. The minimum Gasteiger partial charge on any atom is -0.457 e. The Kier molecular flexibility index (Phi) is 8.04. The minimum atomic E-state index is -0.0901. The maximum atomic E-state index is 6.75.